The van der Waals surface area contributed by atoms with Crippen molar-refractivity contribution in [2.45, 2.75) is 29.4 Å². The van der Waals surface area contributed by atoms with Gasteiger partial charge in [0.1, 0.15) is 11.6 Å². The van der Waals surface area contributed by atoms with Gasteiger partial charge >= 0.3 is 0 Å². The molecule has 4 aromatic heterocycles. The minimum Gasteiger partial charge on any atom is -0.467 e. The average Bonchev–Trinajstić information content (AvgIpc) is 3.39. The summed E-state index contributed by atoms with van der Waals surface area (Å²) in [6.45, 7) is 2.57. The van der Waals surface area contributed by atoms with Crippen LogP contribution < -0.4 is 0 Å². The number of aromatic nitrogens is 6. The van der Waals surface area contributed by atoms with Crippen LogP contribution in [-0.2, 0) is 13.0 Å². The maximum Gasteiger partial charge on any atom is 0.199 e. The van der Waals surface area contributed by atoms with E-state index in [-0.39, 0.29) is 0 Å². The molecule has 0 saturated heterocycles. The second kappa shape index (κ2) is 7.16. The molecule has 0 N–H and O–H groups in total. The Hall–Kier alpha value is -2.52. The number of nitrogens with zero attached hydrogens (tertiary/aromatic N) is 6. The SMILES string of the molecule is CCc1nsc(Sc2nnc(-c3cccnc3)n2Cc2ccco2)n1. The van der Waals surface area contributed by atoms with Crippen molar-refractivity contribution in [2.75, 3.05) is 0 Å². The minimum atomic E-state index is 0.534. The van der Waals surface area contributed by atoms with Crippen LogP contribution in [0.1, 0.15) is 18.5 Å². The van der Waals surface area contributed by atoms with Crippen LogP contribution in [0.2, 0.25) is 0 Å². The summed E-state index contributed by atoms with van der Waals surface area (Å²) >= 11 is 2.84. The fourth-order valence-corrected chi connectivity index (χ4v) is 3.91. The number of rotatable bonds is 6. The molecule has 0 fully saturated rings. The van der Waals surface area contributed by atoms with Gasteiger partial charge in [0, 0.05) is 24.4 Å². The van der Waals surface area contributed by atoms with Crippen LogP contribution in [0.25, 0.3) is 11.4 Å². The van der Waals surface area contributed by atoms with E-state index < -0.39 is 0 Å². The Bertz CT molecular complexity index is 948. The molecule has 7 nitrogen and oxygen atoms in total. The summed E-state index contributed by atoms with van der Waals surface area (Å²) in [4.78, 5) is 8.67. The van der Waals surface area contributed by atoms with E-state index in [1.807, 2.05) is 35.8 Å². The van der Waals surface area contributed by atoms with Crippen LogP contribution in [0.4, 0.5) is 0 Å². The maximum absolute atomic E-state index is 5.50. The summed E-state index contributed by atoms with van der Waals surface area (Å²) in [6.07, 6.45) is 5.99. The first-order valence-corrected chi connectivity index (χ1v) is 9.29. The lowest BCUT2D eigenvalue weighted by Gasteiger charge is -2.07. The van der Waals surface area contributed by atoms with Crippen molar-refractivity contribution in [3.8, 4) is 11.4 Å². The van der Waals surface area contributed by atoms with Gasteiger partial charge in [0.25, 0.3) is 0 Å². The first-order valence-electron chi connectivity index (χ1n) is 7.70. The van der Waals surface area contributed by atoms with E-state index in [0.717, 1.165) is 38.9 Å². The second-order valence-electron chi connectivity index (χ2n) is 5.15. The van der Waals surface area contributed by atoms with E-state index in [2.05, 4.69) is 24.5 Å². The molecule has 0 atom stereocenters. The minimum absolute atomic E-state index is 0.534. The molecule has 0 aliphatic rings. The Morgan fingerprint density at radius 3 is 2.92 bits per heavy atom. The van der Waals surface area contributed by atoms with Gasteiger partial charge in [-0.15, -0.1) is 10.2 Å². The van der Waals surface area contributed by atoms with Gasteiger partial charge in [-0.2, -0.15) is 4.37 Å². The summed E-state index contributed by atoms with van der Waals surface area (Å²) in [5.41, 5.74) is 0.903. The van der Waals surface area contributed by atoms with Crippen LogP contribution in [0.5, 0.6) is 0 Å². The number of pyridine rings is 1. The second-order valence-corrected chi connectivity index (χ2v) is 7.11. The largest absolute Gasteiger partial charge is 0.467 e. The number of aryl methyl sites for hydroxylation is 1. The zero-order chi connectivity index (χ0) is 17.1. The highest BCUT2D eigenvalue weighted by molar-refractivity contribution is 8.00. The van der Waals surface area contributed by atoms with Gasteiger partial charge in [-0.1, -0.05) is 6.92 Å². The third kappa shape index (κ3) is 3.47. The van der Waals surface area contributed by atoms with E-state index in [9.17, 15) is 0 Å². The maximum atomic E-state index is 5.50. The molecule has 0 aromatic carbocycles. The first kappa shape index (κ1) is 16.0. The Labute approximate surface area is 152 Å². The van der Waals surface area contributed by atoms with Crippen LogP contribution >= 0.6 is 23.3 Å². The number of furan rings is 1. The third-order valence-electron chi connectivity index (χ3n) is 3.47. The van der Waals surface area contributed by atoms with Crippen LogP contribution in [0, 0.1) is 0 Å². The van der Waals surface area contributed by atoms with Crippen LogP contribution in [0.15, 0.2) is 56.8 Å². The lowest BCUT2D eigenvalue weighted by atomic mass is 10.2. The molecule has 0 radical (unpaired) electrons. The molecule has 0 saturated carbocycles. The van der Waals surface area contributed by atoms with Gasteiger partial charge in [0.15, 0.2) is 15.3 Å². The lowest BCUT2D eigenvalue weighted by Crippen LogP contribution is -2.03. The standard InChI is InChI=1S/C16H14N6OS2/c1-2-13-18-16(25-21-13)24-15-20-19-14(11-5-3-7-17-9-11)22(15)10-12-6-4-8-23-12/h3-9H,2,10H2,1H3. The zero-order valence-corrected chi connectivity index (χ0v) is 15.0. The lowest BCUT2D eigenvalue weighted by molar-refractivity contribution is 0.485. The zero-order valence-electron chi connectivity index (χ0n) is 13.4. The van der Waals surface area contributed by atoms with Crippen molar-refractivity contribution in [3.63, 3.8) is 0 Å². The molecule has 9 heteroatoms. The highest BCUT2D eigenvalue weighted by Gasteiger charge is 2.18. The van der Waals surface area contributed by atoms with Crippen molar-refractivity contribution in [1.29, 1.82) is 0 Å². The van der Waals surface area contributed by atoms with Gasteiger partial charge < -0.3 is 4.42 Å². The van der Waals surface area contributed by atoms with E-state index in [1.54, 1.807) is 18.7 Å². The van der Waals surface area contributed by atoms with Gasteiger partial charge in [-0.25, -0.2) is 4.98 Å². The predicted molar refractivity (Wildman–Crippen MR) is 94.5 cm³/mol. The van der Waals surface area contributed by atoms with Crippen molar-refractivity contribution in [3.05, 3.63) is 54.5 Å². The van der Waals surface area contributed by atoms with Gasteiger partial charge in [-0.05, 0) is 47.6 Å². The van der Waals surface area contributed by atoms with Crippen molar-refractivity contribution in [2.24, 2.45) is 0 Å². The topological polar surface area (TPSA) is 82.5 Å². The van der Waals surface area contributed by atoms with E-state index >= 15 is 0 Å². The molecule has 0 unspecified atom stereocenters. The summed E-state index contributed by atoms with van der Waals surface area (Å²) in [6, 6.07) is 7.65. The molecule has 0 amide bonds. The fraction of sp³-hybridized carbons (Fsp3) is 0.188. The normalized spacial score (nSPS) is 11.1. The molecule has 4 rings (SSSR count). The molecule has 4 aromatic rings. The summed E-state index contributed by atoms with van der Waals surface area (Å²) in [5.74, 6) is 2.42. The Balaban J connectivity index is 1.71. The van der Waals surface area contributed by atoms with E-state index in [0.29, 0.717) is 6.54 Å². The molecule has 25 heavy (non-hydrogen) atoms. The quantitative estimate of drug-likeness (QED) is 0.513. The third-order valence-corrected chi connectivity index (χ3v) is 5.25. The Morgan fingerprint density at radius 2 is 2.20 bits per heavy atom. The summed E-state index contributed by atoms with van der Waals surface area (Å²) in [5, 5.41) is 9.45. The number of hydrogen-bond acceptors (Lipinski definition) is 8. The summed E-state index contributed by atoms with van der Waals surface area (Å²) < 4.78 is 12.7. The molecule has 4 heterocycles. The smallest absolute Gasteiger partial charge is 0.199 e. The number of hydrogen-bond donors (Lipinski definition) is 0. The van der Waals surface area contributed by atoms with E-state index in [4.69, 9.17) is 4.42 Å². The van der Waals surface area contributed by atoms with Crippen LogP contribution in [0.3, 0.4) is 0 Å². The first-order chi connectivity index (χ1) is 12.3. The fourth-order valence-electron chi connectivity index (χ4n) is 2.27. The predicted octanol–water partition coefficient (Wildman–Crippen LogP) is 3.55. The van der Waals surface area contributed by atoms with Crippen molar-refractivity contribution < 1.29 is 4.42 Å². The van der Waals surface area contributed by atoms with Crippen molar-refractivity contribution in [1.82, 2.24) is 29.1 Å². The highest BCUT2D eigenvalue weighted by Crippen LogP contribution is 2.31. The molecular formula is C16H14N6OS2. The highest BCUT2D eigenvalue weighted by atomic mass is 32.2. The van der Waals surface area contributed by atoms with Crippen molar-refractivity contribution >= 4 is 23.3 Å². The Kier molecular flexibility index (Phi) is 4.57. The molecular weight excluding hydrogens is 356 g/mol. The Morgan fingerprint density at radius 1 is 1.24 bits per heavy atom. The van der Waals surface area contributed by atoms with Gasteiger partial charge in [0.2, 0.25) is 0 Å². The molecule has 126 valence electrons. The molecule has 0 aliphatic carbocycles. The summed E-state index contributed by atoms with van der Waals surface area (Å²) in [7, 11) is 0. The van der Waals surface area contributed by atoms with Crippen LogP contribution in [-0.4, -0.2) is 29.1 Å². The molecule has 0 spiro atoms. The van der Waals surface area contributed by atoms with Gasteiger partial charge in [-0.3, -0.25) is 9.55 Å². The average molecular weight is 370 g/mol. The molecule has 0 aliphatic heterocycles. The van der Waals surface area contributed by atoms with Gasteiger partial charge in [0.05, 0.1) is 12.8 Å². The van der Waals surface area contributed by atoms with E-state index in [1.165, 1.54) is 23.3 Å². The molecule has 0 bridgehead atoms. The monoisotopic (exact) mass is 370 g/mol.